The molecule has 1 aromatic heterocycles. The molecular formula is C9H15N3O2S2. The first-order valence-corrected chi connectivity index (χ1v) is 7.60. The van der Waals surface area contributed by atoms with Gasteiger partial charge in [0.2, 0.25) is 10.0 Å². The van der Waals surface area contributed by atoms with Crippen LogP contribution in [0.1, 0.15) is 0 Å². The number of pyridine rings is 1. The molecule has 5 nitrogen and oxygen atoms in total. The molecule has 2 N–H and O–H groups in total. The van der Waals surface area contributed by atoms with E-state index >= 15 is 0 Å². The highest BCUT2D eigenvalue weighted by Gasteiger charge is 2.17. The fourth-order valence-corrected chi connectivity index (χ4v) is 2.78. The van der Waals surface area contributed by atoms with Crippen molar-refractivity contribution in [2.45, 2.75) is 4.90 Å². The molecule has 0 atom stereocenters. The Hall–Kier alpha value is -0.790. The van der Waals surface area contributed by atoms with E-state index in [1.807, 2.05) is 6.26 Å². The molecule has 0 saturated heterocycles. The van der Waals surface area contributed by atoms with E-state index in [0.717, 1.165) is 5.75 Å². The maximum Gasteiger partial charge on any atom is 0.244 e. The second kappa shape index (κ2) is 6.07. The lowest BCUT2D eigenvalue weighted by atomic mass is 10.4. The van der Waals surface area contributed by atoms with Crippen LogP contribution in [0.4, 0.5) is 5.69 Å². The van der Waals surface area contributed by atoms with E-state index < -0.39 is 10.0 Å². The van der Waals surface area contributed by atoms with Crippen LogP contribution in [0.5, 0.6) is 0 Å². The zero-order valence-electron chi connectivity index (χ0n) is 9.23. The molecule has 1 heterocycles. The Bertz CT molecular complexity index is 434. The van der Waals surface area contributed by atoms with Crippen molar-refractivity contribution in [3.63, 3.8) is 0 Å². The third-order valence-electron chi connectivity index (χ3n) is 1.94. The maximum absolute atomic E-state index is 11.9. The SMILES string of the molecule is CNc1ccncc1S(=O)(=O)NCCSC. The number of hydrogen-bond acceptors (Lipinski definition) is 5. The van der Waals surface area contributed by atoms with Gasteiger partial charge >= 0.3 is 0 Å². The molecule has 0 saturated carbocycles. The van der Waals surface area contributed by atoms with Gasteiger partial charge in [-0.1, -0.05) is 0 Å². The molecule has 0 spiro atoms. The number of thioether (sulfide) groups is 1. The highest BCUT2D eigenvalue weighted by molar-refractivity contribution is 7.98. The Labute approximate surface area is 100 Å². The Morgan fingerprint density at radius 2 is 2.25 bits per heavy atom. The first kappa shape index (κ1) is 13.3. The topological polar surface area (TPSA) is 71.1 Å². The van der Waals surface area contributed by atoms with E-state index in [1.54, 1.807) is 31.1 Å². The van der Waals surface area contributed by atoms with E-state index in [0.29, 0.717) is 12.2 Å². The van der Waals surface area contributed by atoms with Gasteiger partial charge in [-0.2, -0.15) is 11.8 Å². The molecule has 1 aromatic rings. The van der Waals surface area contributed by atoms with E-state index in [-0.39, 0.29) is 4.90 Å². The smallest absolute Gasteiger partial charge is 0.244 e. The van der Waals surface area contributed by atoms with Crippen molar-refractivity contribution in [2.75, 3.05) is 30.9 Å². The molecule has 0 aromatic carbocycles. The Morgan fingerprint density at radius 1 is 1.50 bits per heavy atom. The van der Waals surface area contributed by atoms with Crippen molar-refractivity contribution in [1.29, 1.82) is 0 Å². The van der Waals surface area contributed by atoms with Gasteiger partial charge in [-0.15, -0.1) is 0 Å². The molecule has 0 aliphatic heterocycles. The average molecular weight is 261 g/mol. The molecule has 0 unspecified atom stereocenters. The molecule has 0 fully saturated rings. The molecule has 0 radical (unpaired) electrons. The minimum absolute atomic E-state index is 0.179. The van der Waals surface area contributed by atoms with E-state index in [2.05, 4.69) is 15.0 Å². The fraction of sp³-hybridized carbons (Fsp3) is 0.444. The predicted octanol–water partition coefficient (Wildman–Crippen LogP) is 0.765. The summed E-state index contributed by atoms with van der Waals surface area (Å²) in [5.74, 6) is 0.744. The van der Waals surface area contributed by atoms with Crippen molar-refractivity contribution in [3.8, 4) is 0 Å². The molecule has 7 heteroatoms. The van der Waals surface area contributed by atoms with E-state index in [9.17, 15) is 8.42 Å². The first-order chi connectivity index (χ1) is 7.61. The molecule has 0 aliphatic rings. The number of nitrogens with one attached hydrogen (secondary N) is 2. The maximum atomic E-state index is 11.9. The lowest BCUT2D eigenvalue weighted by molar-refractivity contribution is 0.584. The first-order valence-electron chi connectivity index (χ1n) is 4.72. The van der Waals surface area contributed by atoms with Crippen molar-refractivity contribution >= 4 is 27.5 Å². The molecular weight excluding hydrogens is 246 g/mol. The Kier molecular flexibility index (Phi) is 5.04. The summed E-state index contributed by atoms with van der Waals surface area (Å²) < 4.78 is 26.3. The number of nitrogens with zero attached hydrogens (tertiary/aromatic N) is 1. The molecule has 1 rings (SSSR count). The van der Waals surface area contributed by atoms with Crippen LogP contribution in [-0.2, 0) is 10.0 Å². The van der Waals surface area contributed by atoms with Gasteiger partial charge in [-0.05, 0) is 12.3 Å². The molecule has 0 bridgehead atoms. The number of aromatic nitrogens is 1. The van der Waals surface area contributed by atoms with Crippen LogP contribution in [0, 0.1) is 0 Å². The fourth-order valence-electron chi connectivity index (χ4n) is 1.16. The van der Waals surface area contributed by atoms with Crippen LogP contribution < -0.4 is 10.0 Å². The molecule has 0 aliphatic carbocycles. The van der Waals surface area contributed by atoms with Crippen LogP contribution in [-0.4, -0.2) is 39.0 Å². The summed E-state index contributed by atoms with van der Waals surface area (Å²) in [5, 5.41) is 2.83. The third-order valence-corrected chi connectivity index (χ3v) is 4.04. The van der Waals surface area contributed by atoms with Gasteiger partial charge in [0.05, 0.1) is 5.69 Å². The minimum atomic E-state index is -3.46. The second-order valence-corrected chi connectivity index (χ2v) is 5.73. The molecule has 90 valence electrons. The van der Waals surface area contributed by atoms with Gasteiger partial charge in [-0.25, -0.2) is 13.1 Å². The van der Waals surface area contributed by atoms with Crippen molar-refractivity contribution in [3.05, 3.63) is 18.5 Å². The van der Waals surface area contributed by atoms with Crippen LogP contribution >= 0.6 is 11.8 Å². The quantitative estimate of drug-likeness (QED) is 0.740. The monoisotopic (exact) mass is 261 g/mol. The number of sulfonamides is 1. The lowest BCUT2D eigenvalue weighted by Crippen LogP contribution is -2.26. The highest BCUT2D eigenvalue weighted by Crippen LogP contribution is 2.18. The van der Waals surface area contributed by atoms with E-state index in [4.69, 9.17) is 0 Å². The number of rotatable bonds is 6. The molecule has 0 amide bonds. The van der Waals surface area contributed by atoms with Crippen LogP contribution in [0.2, 0.25) is 0 Å². The Balaban J connectivity index is 2.89. The summed E-state index contributed by atoms with van der Waals surface area (Å²) in [6.45, 7) is 0.418. The summed E-state index contributed by atoms with van der Waals surface area (Å²) in [4.78, 5) is 4.00. The largest absolute Gasteiger partial charge is 0.387 e. The van der Waals surface area contributed by atoms with Crippen LogP contribution in [0.3, 0.4) is 0 Å². The third kappa shape index (κ3) is 3.36. The van der Waals surface area contributed by atoms with Gasteiger partial charge < -0.3 is 5.32 Å². The molecule has 16 heavy (non-hydrogen) atoms. The zero-order valence-corrected chi connectivity index (χ0v) is 10.9. The van der Waals surface area contributed by atoms with Crippen molar-refractivity contribution in [2.24, 2.45) is 0 Å². The Morgan fingerprint density at radius 3 is 2.88 bits per heavy atom. The van der Waals surface area contributed by atoms with Gasteiger partial charge in [-0.3, -0.25) is 4.98 Å². The number of anilines is 1. The number of hydrogen-bond donors (Lipinski definition) is 2. The highest BCUT2D eigenvalue weighted by atomic mass is 32.2. The average Bonchev–Trinajstić information content (AvgIpc) is 2.29. The van der Waals surface area contributed by atoms with E-state index in [1.165, 1.54) is 6.20 Å². The van der Waals surface area contributed by atoms with Gasteiger partial charge in [0.25, 0.3) is 0 Å². The summed E-state index contributed by atoms with van der Waals surface area (Å²) in [6.07, 6.45) is 4.82. The summed E-state index contributed by atoms with van der Waals surface area (Å²) in [5.41, 5.74) is 0.548. The lowest BCUT2D eigenvalue weighted by Gasteiger charge is -2.09. The summed E-state index contributed by atoms with van der Waals surface area (Å²) >= 11 is 1.59. The van der Waals surface area contributed by atoms with Gasteiger partial charge in [0, 0.05) is 31.7 Å². The van der Waals surface area contributed by atoms with Crippen molar-refractivity contribution < 1.29 is 8.42 Å². The van der Waals surface area contributed by atoms with Gasteiger partial charge in [0.1, 0.15) is 4.90 Å². The zero-order chi connectivity index (χ0) is 12.0. The van der Waals surface area contributed by atoms with Crippen LogP contribution in [0.25, 0.3) is 0 Å². The standard InChI is InChI=1S/C9H15N3O2S2/c1-10-8-3-4-11-7-9(8)16(13,14)12-5-6-15-2/h3-4,7,12H,5-6H2,1-2H3,(H,10,11). The normalized spacial score (nSPS) is 11.4. The predicted molar refractivity (Wildman–Crippen MR) is 67.4 cm³/mol. The summed E-state index contributed by atoms with van der Waals surface area (Å²) in [7, 11) is -1.79. The van der Waals surface area contributed by atoms with Crippen molar-refractivity contribution in [1.82, 2.24) is 9.71 Å². The van der Waals surface area contributed by atoms with Crippen LogP contribution in [0.15, 0.2) is 23.4 Å². The minimum Gasteiger partial charge on any atom is -0.387 e. The second-order valence-electron chi connectivity index (χ2n) is 3.01. The summed E-state index contributed by atoms with van der Waals surface area (Å²) in [6, 6.07) is 1.63. The van der Waals surface area contributed by atoms with Gasteiger partial charge in [0.15, 0.2) is 0 Å².